The van der Waals surface area contributed by atoms with E-state index in [0.29, 0.717) is 17.4 Å². The summed E-state index contributed by atoms with van der Waals surface area (Å²) in [5.41, 5.74) is 0. The van der Waals surface area contributed by atoms with E-state index in [1.54, 1.807) is 0 Å². The summed E-state index contributed by atoms with van der Waals surface area (Å²) in [6.45, 7) is 4.63. The Kier molecular flexibility index (Phi) is 58.3. The van der Waals surface area contributed by atoms with Gasteiger partial charge in [-0.1, -0.05) is 273 Å². The van der Waals surface area contributed by atoms with Crippen LogP contribution in [0.5, 0.6) is 0 Å². The van der Waals surface area contributed by atoms with Crippen LogP contribution in [0.1, 0.15) is 296 Å². The SMILES string of the molecule is CC/C=C\C/C=C\C/C=C\C/C=C\C/C=C\CCCCCCCCCCCCCCCCCCCCCCCCCCCC(=O)OC(COC(=O)CCCCCCC/C=C\CCCCCC)COC(OCC[N+](C)(C)C)C(=O)[O-]. The van der Waals surface area contributed by atoms with Crippen molar-refractivity contribution in [3.05, 3.63) is 72.9 Å². The number of esters is 2. The van der Waals surface area contributed by atoms with Gasteiger partial charge in [0.1, 0.15) is 13.2 Å². The first-order chi connectivity index (χ1) is 38.6. The summed E-state index contributed by atoms with van der Waals surface area (Å²) in [5, 5.41) is 11.8. The van der Waals surface area contributed by atoms with Crippen LogP contribution >= 0.6 is 0 Å². The van der Waals surface area contributed by atoms with Crippen molar-refractivity contribution < 1.29 is 42.9 Å². The summed E-state index contributed by atoms with van der Waals surface area (Å²) < 4.78 is 22.7. The van der Waals surface area contributed by atoms with Crippen molar-refractivity contribution in [3.63, 3.8) is 0 Å². The number of carboxylic acid groups (broad SMARTS) is 1. The number of rotatable bonds is 61. The molecule has 2 atom stereocenters. The van der Waals surface area contributed by atoms with Crippen LogP contribution in [0, 0.1) is 0 Å². The maximum absolute atomic E-state index is 12.9. The van der Waals surface area contributed by atoms with Gasteiger partial charge in [-0.25, -0.2) is 0 Å². The number of carbonyl (C=O) groups is 3. The Hall–Kier alpha value is -3.27. The second kappa shape index (κ2) is 60.8. The average molecular weight is 1110 g/mol. The molecule has 0 aliphatic heterocycles. The van der Waals surface area contributed by atoms with Crippen molar-refractivity contribution >= 4 is 17.9 Å². The molecule has 0 saturated carbocycles. The van der Waals surface area contributed by atoms with Crippen molar-refractivity contribution in [3.8, 4) is 0 Å². The van der Waals surface area contributed by atoms with Gasteiger partial charge < -0.3 is 33.3 Å². The highest BCUT2D eigenvalue weighted by Crippen LogP contribution is 2.18. The second-order valence-corrected chi connectivity index (χ2v) is 23.4. The van der Waals surface area contributed by atoms with Crippen LogP contribution in [-0.2, 0) is 33.3 Å². The first-order valence-electron chi connectivity index (χ1n) is 33.1. The number of allylic oxidation sites excluding steroid dienone is 12. The zero-order chi connectivity index (χ0) is 57.6. The summed E-state index contributed by atoms with van der Waals surface area (Å²) in [5.74, 6) is -2.28. The van der Waals surface area contributed by atoms with Crippen molar-refractivity contribution in [1.29, 1.82) is 0 Å². The van der Waals surface area contributed by atoms with Crippen molar-refractivity contribution in [1.82, 2.24) is 0 Å². The highest BCUT2D eigenvalue weighted by atomic mass is 16.7. The third-order valence-corrected chi connectivity index (χ3v) is 14.4. The number of carbonyl (C=O) groups excluding carboxylic acids is 3. The molecule has 0 spiro atoms. The highest BCUT2D eigenvalue weighted by Gasteiger charge is 2.22. The fraction of sp³-hybridized carbons (Fsp3) is 0.786. The van der Waals surface area contributed by atoms with Crippen LogP contribution in [0.15, 0.2) is 72.9 Å². The van der Waals surface area contributed by atoms with Crippen molar-refractivity contribution in [2.24, 2.45) is 0 Å². The Morgan fingerprint density at radius 3 is 1.09 bits per heavy atom. The third-order valence-electron chi connectivity index (χ3n) is 14.4. The fourth-order valence-electron chi connectivity index (χ4n) is 9.38. The van der Waals surface area contributed by atoms with Gasteiger partial charge in [0.25, 0.3) is 0 Å². The molecule has 2 unspecified atom stereocenters. The molecule has 0 radical (unpaired) electrons. The Bertz CT molecular complexity index is 1520. The molecule has 0 fully saturated rings. The average Bonchev–Trinajstić information content (AvgIpc) is 3.42. The maximum atomic E-state index is 12.9. The van der Waals surface area contributed by atoms with E-state index in [2.05, 4.69) is 86.8 Å². The first kappa shape index (κ1) is 75.7. The van der Waals surface area contributed by atoms with Crippen LogP contribution in [0.3, 0.4) is 0 Å². The number of nitrogens with zero attached hydrogens (tertiary/aromatic N) is 1. The number of aliphatic carboxylic acids is 1. The number of likely N-dealkylation sites (N-methyl/N-ethyl adjacent to an activating group) is 1. The molecule has 0 aromatic carbocycles. The largest absolute Gasteiger partial charge is 0.545 e. The lowest BCUT2D eigenvalue weighted by Crippen LogP contribution is -2.44. The van der Waals surface area contributed by atoms with Gasteiger partial charge in [-0.3, -0.25) is 9.59 Å². The van der Waals surface area contributed by atoms with E-state index in [-0.39, 0.29) is 38.6 Å². The minimum atomic E-state index is -1.62. The van der Waals surface area contributed by atoms with Crippen LogP contribution in [0.4, 0.5) is 0 Å². The number of ether oxygens (including phenoxy) is 4. The molecule has 0 saturated heterocycles. The summed E-state index contributed by atoms with van der Waals surface area (Å²) in [4.78, 5) is 37.3. The van der Waals surface area contributed by atoms with Gasteiger partial charge >= 0.3 is 11.9 Å². The summed E-state index contributed by atoms with van der Waals surface area (Å²) >= 11 is 0. The standard InChI is InChI=1S/C70H125NO8/c1-6-8-10-12-14-16-18-20-21-22-23-24-25-26-27-28-29-30-31-32-33-34-35-36-37-38-39-40-41-42-43-44-45-46-47-49-51-53-55-57-59-61-68(73)79-66(65-78-70(69(74)75)76-63-62-71(3,4)5)64-77-67(72)60-58-56-54-52-50-48-19-17-15-13-11-9-7-2/h8,10,14,16-17,19-21,23-24,26-27,66,70H,6-7,9,11-13,15,18,22,25,28-65H2,1-5H3/b10-8-,16-14-,19-17-,21-20-,24-23-,27-26-. The molecule has 0 bridgehead atoms. The molecule has 0 aromatic heterocycles. The molecular formula is C70H125NO8. The Morgan fingerprint density at radius 1 is 0.392 bits per heavy atom. The quantitative estimate of drug-likeness (QED) is 0.0195. The third kappa shape index (κ3) is 62.2. The molecule has 0 aromatic rings. The van der Waals surface area contributed by atoms with E-state index < -0.39 is 24.3 Å². The van der Waals surface area contributed by atoms with E-state index in [1.165, 1.54) is 180 Å². The van der Waals surface area contributed by atoms with E-state index in [9.17, 15) is 19.5 Å². The van der Waals surface area contributed by atoms with Gasteiger partial charge in [-0.2, -0.15) is 0 Å². The van der Waals surface area contributed by atoms with Crippen molar-refractivity contribution in [2.75, 3.05) is 47.5 Å². The monoisotopic (exact) mass is 1110 g/mol. The van der Waals surface area contributed by atoms with Gasteiger partial charge in [-0.15, -0.1) is 0 Å². The zero-order valence-electron chi connectivity index (χ0n) is 52.2. The minimum Gasteiger partial charge on any atom is -0.545 e. The lowest BCUT2D eigenvalue weighted by atomic mass is 10.0. The molecule has 0 rings (SSSR count). The predicted molar refractivity (Wildman–Crippen MR) is 334 cm³/mol. The molecule has 0 aliphatic rings. The molecule has 0 amide bonds. The molecular weight excluding hydrogens is 983 g/mol. The Balaban J connectivity index is 3.92. The maximum Gasteiger partial charge on any atom is 0.306 e. The van der Waals surface area contributed by atoms with Gasteiger partial charge in [0.2, 0.25) is 0 Å². The molecule has 9 nitrogen and oxygen atoms in total. The Labute approximate surface area is 487 Å². The van der Waals surface area contributed by atoms with E-state index in [4.69, 9.17) is 18.9 Å². The molecule has 0 heterocycles. The van der Waals surface area contributed by atoms with E-state index >= 15 is 0 Å². The van der Waals surface area contributed by atoms with Gasteiger partial charge in [0.15, 0.2) is 12.4 Å². The van der Waals surface area contributed by atoms with E-state index in [1.807, 2.05) is 21.1 Å². The number of carboxylic acids is 1. The van der Waals surface area contributed by atoms with Crippen LogP contribution in [0.2, 0.25) is 0 Å². The number of hydrogen-bond acceptors (Lipinski definition) is 8. The Morgan fingerprint density at radius 2 is 0.722 bits per heavy atom. The number of unbranched alkanes of at least 4 members (excludes halogenated alkanes) is 34. The highest BCUT2D eigenvalue weighted by molar-refractivity contribution is 5.70. The summed E-state index contributed by atoms with van der Waals surface area (Å²) in [6, 6.07) is 0. The van der Waals surface area contributed by atoms with Crippen LogP contribution < -0.4 is 5.11 Å². The second-order valence-electron chi connectivity index (χ2n) is 23.4. The smallest absolute Gasteiger partial charge is 0.306 e. The van der Waals surface area contributed by atoms with Gasteiger partial charge in [-0.05, 0) is 83.5 Å². The van der Waals surface area contributed by atoms with Crippen LogP contribution in [-0.4, -0.2) is 82.3 Å². The molecule has 0 N–H and O–H groups in total. The van der Waals surface area contributed by atoms with Crippen molar-refractivity contribution in [2.45, 2.75) is 309 Å². The number of hydrogen-bond donors (Lipinski definition) is 0. The molecule has 458 valence electrons. The van der Waals surface area contributed by atoms with Gasteiger partial charge in [0, 0.05) is 12.8 Å². The molecule has 0 aliphatic carbocycles. The van der Waals surface area contributed by atoms with Crippen LogP contribution in [0.25, 0.3) is 0 Å². The lowest BCUT2D eigenvalue weighted by Gasteiger charge is -2.26. The topological polar surface area (TPSA) is 111 Å². The normalized spacial score (nSPS) is 13.2. The lowest BCUT2D eigenvalue weighted by molar-refractivity contribution is -0.870. The minimum absolute atomic E-state index is 0.147. The van der Waals surface area contributed by atoms with Gasteiger partial charge in [0.05, 0.1) is 40.3 Å². The number of quaternary nitrogens is 1. The zero-order valence-corrected chi connectivity index (χ0v) is 52.2. The summed E-state index contributed by atoms with van der Waals surface area (Å²) in [6.07, 6.45) is 77.2. The first-order valence-corrected chi connectivity index (χ1v) is 33.1. The molecule has 9 heteroatoms. The predicted octanol–water partition coefficient (Wildman–Crippen LogP) is 18.8. The molecule has 79 heavy (non-hydrogen) atoms. The fourth-order valence-corrected chi connectivity index (χ4v) is 9.38. The summed E-state index contributed by atoms with van der Waals surface area (Å²) in [7, 11) is 5.93. The van der Waals surface area contributed by atoms with E-state index in [0.717, 1.165) is 83.5 Å².